The summed E-state index contributed by atoms with van der Waals surface area (Å²) in [7, 11) is 0. The maximum atomic E-state index is 12.2. The van der Waals surface area contributed by atoms with Gasteiger partial charge >= 0.3 is 6.09 Å². The van der Waals surface area contributed by atoms with Crippen LogP contribution in [-0.2, 0) is 19.0 Å². The predicted octanol–water partition coefficient (Wildman–Crippen LogP) is 2.27. The van der Waals surface area contributed by atoms with Gasteiger partial charge in [0.2, 0.25) is 5.91 Å². The van der Waals surface area contributed by atoms with Crippen LogP contribution in [0.25, 0.3) is 0 Å². The predicted molar refractivity (Wildman–Crippen MR) is 102 cm³/mol. The van der Waals surface area contributed by atoms with E-state index >= 15 is 0 Å². The average Bonchev–Trinajstić information content (AvgIpc) is 2.65. The normalized spacial score (nSPS) is 30.0. The molecule has 27 heavy (non-hydrogen) atoms. The number of morpholine rings is 1. The van der Waals surface area contributed by atoms with Crippen molar-refractivity contribution in [2.24, 2.45) is 5.92 Å². The molecule has 0 bridgehead atoms. The molecule has 1 unspecified atom stereocenters. The van der Waals surface area contributed by atoms with Crippen molar-refractivity contribution in [3.8, 4) is 0 Å². The van der Waals surface area contributed by atoms with Crippen molar-refractivity contribution in [3.05, 3.63) is 24.8 Å². The number of hydrogen-bond donors (Lipinski definition) is 1. The first kappa shape index (κ1) is 21.4. The third kappa shape index (κ3) is 6.66. The molecule has 2 amide bonds. The topological polar surface area (TPSA) is 77.1 Å². The first-order valence-corrected chi connectivity index (χ1v) is 9.69. The molecule has 0 aromatic carbocycles. The van der Waals surface area contributed by atoms with E-state index in [4.69, 9.17) is 14.2 Å². The molecule has 152 valence electrons. The zero-order valence-electron chi connectivity index (χ0n) is 16.6. The Morgan fingerprint density at radius 1 is 1.33 bits per heavy atom. The van der Waals surface area contributed by atoms with Gasteiger partial charge in [-0.1, -0.05) is 13.0 Å². The second-order valence-electron chi connectivity index (χ2n) is 7.28. The molecular weight excluding hydrogens is 348 g/mol. The van der Waals surface area contributed by atoms with Gasteiger partial charge < -0.3 is 24.4 Å². The summed E-state index contributed by atoms with van der Waals surface area (Å²) in [5, 5.41) is 2.99. The SMILES string of the molecule is C=CC[C@@H]1O[C@H](C)C(NC(=O)/C=C\[C@H](C)OC(=O)N2CCOCC2)C[C@@H]1C. The maximum absolute atomic E-state index is 12.2. The number of hydrogen-bond acceptors (Lipinski definition) is 5. The Balaban J connectivity index is 1.77. The standard InChI is InChI=1S/C20H32N2O5/c1-5-6-18-14(2)13-17(16(4)27-18)21-19(23)8-7-15(3)26-20(24)22-9-11-25-12-10-22/h5,7-8,14-18H,1,6,9-13H2,2-4H3,(H,21,23)/b8-7-/t14-,15-,16+,17?,18-/m0/s1. The largest absolute Gasteiger partial charge is 0.442 e. The van der Waals surface area contributed by atoms with Crippen molar-refractivity contribution in [2.45, 2.75) is 58.0 Å². The summed E-state index contributed by atoms with van der Waals surface area (Å²) in [6.45, 7) is 11.7. The smallest absolute Gasteiger partial charge is 0.410 e. The van der Waals surface area contributed by atoms with Gasteiger partial charge in [-0.25, -0.2) is 4.79 Å². The molecule has 2 aliphatic rings. The molecule has 0 spiro atoms. The lowest BCUT2D eigenvalue weighted by Crippen LogP contribution is -2.50. The van der Waals surface area contributed by atoms with Crippen LogP contribution in [0.3, 0.4) is 0 Å². The van der Waals surface area contributed by atoms with E-state index in [1.54, 1.807) is 17.9 Å². The van der Waals surface area contributed by atoms with Crippen LogP contribution >= 0.6 is 0 Å². The van der Waals surface area contributed by atoms with Crippen LogP contribution in [-0.4, -0.2) is 67.6 Å². The Morgan fingerprint density at radius 3 is 2.70 bits per heavy atom. The van der Waals surface area contributed by atoms with Crippen LogP contribution in [0, 0.1) is 5.92 Å². The van der Waals surface area contributed by atoms with Gasteiger partial charge in [0.15, 0.2) is 0 Å². The lowest BCUT2D eigenvalue weighted by Gasteiger charge is -2.39. The Kier molecular flexibility index (Phi) is 8.31. The van der Waals surface area contributed by atoms with E-state index in [0.717, 1.165) is 12.8 Å². The first-order valence-electron chi connectivity index (χ1n) is 9.69. The zero-order valence-corrected chi connectivity index (χ0v) is 16.6. The molecule has 5 atom stereocenters. The Bertz CT molecular complexity index is 544. The number of carbonyl (C=O) groups is 2. The van der Waals surface area contributed by atoms with Crippen molar-refractivity contribution in [1.29, 1.82) is 0 Å². The van der Waals surface area contributed by atoms with Crippen molar-refractivity contribution in [1.82, 2.24) is 10.2 Å². The van der Waals surface area contributed by atoms with Crippen molar-refractivity contribution in [3.63, 3.8) is 0 Å². The van der Waals surface area contributed by atoms with Gasteiger partial charge in [0.25, 0.3) is 0 Å². The average molecular weight is 380 g/mol. The quantitative estimate of drug-likeness (QED) is 0.565. The maximum Gasteiger partial charge on any atom is 0.410 e. The highest BCUT2D eigenvalue weighted by atomic mass is 16.6. The van der Waals surface area contributed by atoms with E-state index in [-0.39, 0.29) is 30.3 Å². The molecule has 7 heteroatoms. The molecular formula is C20H32N2O5. The van der Waals surface area contributed by atoms with Crippen LogP contribution in [0.5, 0.6) is 0 Å². The van der Waals surface area contributed by atoms with Gasteiger partial charge in [-0.3, -0.25) is 4.79 Å². The minimum Gasteiger partial charge on any atom is -0.442 e. The summed E-state index contributed by atoms with van der Waals surface area (Å²) in [5.74, 6) is 0.140. The van der Waals surface area contributed by atoms with Crippen molar-refractivity contribution < 1.29 is 23.8 Å². The minimum absolute atomic E-state index is 0.0376. The fraction of sp³-hybridized carbons (Fsp3) is 0.700. The lowest BCUT2D eigenvalue weighted by atomic mass is 9.88. The highest BCUT2D eigenvalue weighted by molar-refractivity contribution is 5.87. The summed E-state index contributed by atoms with van der Waals surface area (Å²) in [5.41, 5.74) is 0. The summed E-state index contributed by atoms with van der Waals surface area (Å²) < 4.78 is 16.6. The fourth-order valence-electron chi connectivity index (χ4n) is 3.35. The molecule has 0 saturated carbocycles. The lowest BCUT2D eigenvalue weighted by molar-refractivity contribution is -0.123. The summed E-state index contributed by atoms with van der Waals surface area (Å²) in [4.78, 5) is 25.9. The summed E-state index contributed by atoms with van der Waals surface area (Å²) >= 11 is 0. The van der Waals surface area contributed by atoms with E-state index in [1.165, 1.54) is 6.08 Å². The summed E-state index contributed by atoms with van der Waals surface area (Å²) in [6.07, 6.45) is 5.79. The van der Waals surface area contributed by atoms with Crippen molar-refractivity contribution in [2.75, 3.05) is 26.3 Å². The molecule has 0 radical (unpaired) electrons. The van der Waals surface area contributed by atoms with Gasteiger partial charge in [0.1, 0.15) is 6.10 Å². The molecule has 0 aromatic heterocycles. The van der Waals surface area contributed by atoms with Gasteiger partial charge in [-0.05, 0) is 38.7 Å². The highest BCUT2D eigenvalue weighted by Gasteiger charge is 2.33. The highest BCUT2D eigenvalue weighted by Crippen LogP contribution is 2.27. The number of nitrogens with one attached hydrogen (secondary N) is 1. The second-order valence-corrected chi connectivity index (χ2v) is 7.28. The molecule has 0 aromatic rings. The number of carbonyl (C=O) groups excluding carboxylic acids is 2. The van der Waals surface area contributed by atoms with Crippen LogP contribution in [0.4, 0.5) is 4.79 Å². The van der Waals surface area contributed by atoms with Crippen LogP contribution in [0.15, 0.2) is 24.8 Å². The van der Waals surface area contributed by atoms with E-state index in [0.29, 0.717) is 32.2 Å². The third-order valence-corrected chi connectivity index (χ3v) is 5.02. The van der Waals surface area contributed by atoms with Crippen LogP contribution in [0.1, 0.15) is 33.6 Å². The Labute approximate surface area is 161 Å². The van der Waals surface area contributed by atoms with Crippen molar-refractivity contribution >= 4 is 12.0 Å². The first-order chi connectivity index (χ1) is 12.9. The number of rotatable bonds is 6. The Morgan fingerprint density at radius 2 is 2.04 bits per heavy atom. The van der Waals surface area contributed by atoms with Crippen LogP contribution in [0.2, 0.25) is 0 Å². The molecule has 2 fully saturated rings. The number of amides is 2. The van der Waals surface area contributed by atoms with Gasteiger partial charge in [-0.2, -0.15) is 0 Å². The summed E-state index contributed by atoms with van der Waals surface area (Å²) in [6, 6.07) is -0.0376. The van der Waals surface area contributed by atoms with E-state index < -0.39 is 6.10 Å². The molecule has 1 N–H and O–H groups in total. The molecule has 0 aliphatic carbocycles. The minimum atomic E-state index is -0.484. The second kappa shape index (κ2) is 10.5. The molecule has 7 nitrogen and oxygen atoms in total. The van der Waals surface area contributed by atoms with E-state index in [1.807, 2.05) is 13.0 Å². The van der Waals surface area contributed by atoms with Gasteiger partial charge in [0, 0.05) is 19.2 Å². The fourth-order valence-corrected chi connectivity index (χ4v) is 3.35. The monoisotopic (exact) mass is 380 g/mol. The van der Waals surface area contributed by atoms with Crippen LogP contribution < -0.4 is 5.32 Å². The van der Waals surface area contributed by atoms with E-state index in [9.17, 15) is 9.59 Å². The molecule has 2 rings (SSSR count). The third-order valence-electron chi connectivity index (χ3n) is 5.02. The number of nitrogens with zero attached hydrogens (tertiary/aromatic N) is 1. The number of ether oxygens (including phenoxy) is 3. The molecule has 2 aliphatic heterocycles. The molecule has 2 saturated heterocycles. The van der Waals surface area contributed by atoms with E-state index in [2.05, 4.69) is 18.8 Å². The Hall–Kier alpha value is -1.86. The van der Waals surface area contributed by atoms with Gasteiger partial charge in [-0.15, -0.1) is 6.58 Å². The van der Waals surface area contributed by atoms with Gasteiger partial charge in [0.05, 0.1) is 31.5 Å². The zero-order chi connectivity index (χ0) is 19.8. The molecule has 2 heterocycles.